The molecule has 7 nitrogen and oxygen atoms in total. The SMILES string of the molecule is C[C@]12[C@H](O)C(=O)C3[C@@H](CC[C@]4(O)C[C@@H](O)CC[C@]34C)[C@@]1(O)CC[C@@H]2c1ccc(=O)oc1. The van der Waals surface area contributed by atoms with Gasteiger partial charge in [0.2, 0.25) is 0 Å². The molecule has 0 amide bonds. The molecule has 0 saturated heterocycles. The van der Waals surface area contributed by atoms with Crippen LogP contribution in [-0.4, -0.2) is 49.6 Å². The van der Waals surface area contributed by atoms with Crippen molar-refractivity contribution in [1.29, 1.82) is 0 Å². The van der Waals surface area contributed by atoms with Crippen LogP contribution in [0.1, 0.15) is 70.3 Å². The first-order valence-electron chi connectivity index (χ1n) is 11.4. The van der Waals surface area contributed by atoms with Crippen LogP contribution >= 0.6 is 0 Å². The molecule has 7 heteroatoms. The van der Waals surface area contributed by atoms with Crippen molar-refractivity contribution in [3.05, 3.63) is 34.4 Å². The van der Waals surface area contributed by atoms with Gasteiger partial charge >= 0.3 is 5.63 Å². The summed E-state index contributed by atoms with van der Waals surface area (Å²) >= 11 is 0. The zero-order valence-electron chi connectivity index (χ0n) is 18.1. The average Bonchev–Trinajstić information content (AvgIpc) is 3.00. The van der Waals surface area contributed by atoms with Crippen molar-refractivity contribution in [1.82, 2.24) is 0 Å². The number of carbonyl (C=O) groups is 1. The van der Waals surface area contributed by atoms with Crippen molar-refractivity contribution in [2.24, 2.45) is 22.7 Å². The number of ketones is 1. The first-order chi connectivity index (χ1) is 14.5. The molecule has 4 N–H and O–H groups in total. The van der Waals surface area contributed by atoms with Crippen LogP contribution < -0.4 is 5.63 Å². The standard InChI is InChI=1S/C24H32O7/c1-21-8-5-14(25)11-23(21,29)9-6-16-18(21)19(27)20(28)22(2)15(7-10-24(16,22)30)13-3-4-17(26)31-12-13/h3-4,12,14-16,18,20,25,28-30H,5-11H2,1-2H3/t14-,15+,16+,18?,20+,21+,22-,23-,24-/m0/s1. The molecule has 0 spiro atoms. The van der Waals surface area contributed by atoms with Crippen LogP contribution in [0.3, 0.4) is 0 Å². The van der Waals surface area contributed by atoms with Gasteiger partial charge in [0.15, 0.2) is 5.78 Å². The first-order valence-corrected chi connectivity index (χ1v) is 11.4. The summed E-state index contributed by atoms with van der Waals surface area (Å²) in [5, 5.41) is 45.2. The van der Waals surface area contributed by atoms with Crippen LogP contribution in [-0.2, 0) is 4.79 Å². The number of Topliss-reactive ketones (excluding diaryl/α,β-unsaturated/α-hetero) is 1. The van der Waals surface area contributed by atoms with E-state index in [0.717, 1.165) is 0 Å². The summed E-state index contributed by atoms with van der Waals surface area (Å²) in [6.07, 6.45) is 2.42. The Morgan fingerprint density at radius 1 is 1.00 bits per heavy atom. The highest BCUT2D eigenvalue weighted by molar-refractivity contribution is 5.89. The fourth-order valence-electron chi connectivity index (χ4n) is 8.08. The summed E-state index contributed by atoms with van der Waals surface area (Å²) in [6, 6.07) is 2.98. The van der Waals surface area contributed by atoms with Crippen LogP contribution in [0.2, 0.25) is 0 Å². The maximum atomic E-state index is 13.8. The molecule has 0 aliphatic heterocycles. The molecule has 170 valence electrons. The summed E-state index contributed by atoms with van der Waals surface area (Å²) in [7, 11) is 0. The maximum Gasteiger partial charge on any atom is 0.335 e. The molecule has 4 saturated carbocycles. The Morgan fingerprint density at radius 2 is 1.74 bits per heavy atom. The van der Waals surface area contributed by atoms with Gasteiger partial charge in [-0.25, -0.2) is 4.79 Å². The highest BCUT2D eigenvalue weighted by Gasteiger charge is 2.75. The normalized spacial score (nSPS) is 51.7. The molecule has 1 unspecified atom stereocenters. The summed E-state index contributed by atoms with van der Waals surface area (Å²) in [4.78, 5) is 25.2. The Bertz CT molecular complexity index is 952. The molecule has 4 fully saturated rings. The zero-order chi connectivity index (χ0) is 22.4. The first kappa shape index (κ1) is 21.3. The largest absolute Gasteiger partial charge is 0.431 e. The molecular formula is C24H32O7. The molecule has 0 radical (unpaired) electrons. The lowest BCUT2D eigenvalue weighted by atomic mass is 9.41. The molecule has 5 rings (SSSR count). The molecule has 4 aliphatic carbocycles. The van der Waals surface area contributed by atoms with Crippen molar-refractivity contribution in [2.45, 2.75) is 88.1 Å². The number of aliphatic hydroxyl groups is 4. The Labute approximate surface area is 181 Å². The fourth-order valence-corrected chi connectivity index (χ4v) is 8.08. The van der Waals surface area contributed by atoms with Gasteiger partial charge in [0.05, 0.1) is 23.6 Å². The summed E-state index contributed by atoms with van der Waals surface area (Å²) in [5.41, 5.74) is -4.17. The molecule has 9 atom stereocenters. The second-order valence-corrected chi connectivity index (χ2v) is 11.0. The Balaban J connectivity index is 1.60. The number of aliphatic hydroxyl groups excluding tert-OH is 2. The van der Waals surface area contributed by atoms with E-state index in [1.807, 2.05) is 6.92 Å². The van der Waals surface area contributed by atoms with E-state index in [2.05, 4.69) is 0 Å². The second-order valence-electron chi connectivity index (χ2n) is 11.0. The second kappa shape index (κ2) is 6.50. The van der Waals surface area contributed by atoms with Gasteiger partial charge in [-0.15, -0.1) is 0 Å². The Kier molecular flexibility index (Phi) is 4.47. The van der Waals surface area contributed by atoms with Gasteiger partial charge < -0.3 is 24.8 Å². The minimum Gasteiger partial charge on any atom is -0.431 e. The predicted molar refractivity (Wildman–Crippen MR) is 110 cm³/mol. The summed E-state index contributed by atoms with van der Waals surface area (Å²) in [6.45, 7) is 3.67. The van der Waals surface area contributed by atoms with Crippen LogP contribution in [0, 0.1) is 22.7 Å². The molecule has 1 aromatic rings. The Hall–Kier alpha value is -1.54. The van der Waals surface area contributed by atoms with E-state index in [1.165, 1.54) is 12.3 Å². The third-order valence-electron chi connectivity index (χ3n) is 9.94. The van der Waals surface area contributed by atoms with Gasteiger partial charge in [0.1, 0.15) is 6.10 Å². The molecule has 0 bridgehead atoms. The number of hydrogen-bond donors (Lipinski definition) is 4. The van der Waals surface area contributed by atoms with E-state index in [-0.39, 0.29) is 24.0 Å². The minimum atomic E-state index is -1.40. The number of fused-ring (bicyclic) bond motifs is 5. The quantitative estimate of drug-likeness (QED) is 0.529. The van der Waals surface area contributed by atoms with Crippen molar-refractivity contribution in [3.63, 3.8) is 0 Å². The summed E-state index contributed by atoms with van der Waals surface area (Å²) < 4.78 is 5.05. The van der Waals surface area contributed by atoms with Crippen molar-refractivity contribution in [2.75, 3.05) is 0 Å². The van der Waals surface area contributed by atoms with Crippen molar-refractivity contribution >= 4 is 5.78 Å². The monoisotopic (exact) mass is 432 g/mol. The van der Waals surface area contributed by atoms with Crippen molar-refractivity contribution in [3.8, 4) is 0 Å². The van der Waals surface area contributed by atoms with E-state index in [0.29, 0.717) is 44.1 Å². The fraction of sp³-hybridized carbons (Fsp3) is 0.750. The van der Waals surface area contributed by atoms with Crippen molar-refractivity contribution < 1.29 is 29.6 Å². The van der Waals surface area contributed by atoms with Gasteiger partial charge in [-0.05, 0) is 62.0 Å². The van der Waals surface area contributed by atoms with Crippen LogP contribution in [0.5, 0.6) is 0 Å². The lowest BCUT2D eigenvalue weighted by Gasteiger charge is -2.65. The van der Waals surface area contributed by atoms with Gasteiger partial charge in [0.25, 0.3) is 0 Å². The summed E-state index contributed by atoms with van der Waals surface area (Å²) in [5.74, 6) is -1.70. The van der Waals surface area contributed by atoms with Gasteiger partial charge in [0, 0.05) is 29.2 Å². The number of hydrogen-bond acceptors (Lipinski definition) is 7. The molecular weight excluding hydrogens is 400 g/mol. The number of carbonyl (C=O) groups excluding carboxylic acids is 1. The topological polar surface area (TPSA) is 128 Å². The molecule has 31 heavy (non-hydrogen) atoms. The molecule has 1 heterocycles. The van der Waals surface area contributed by atoms with E-state index in [1.54, 1.807) is 13.0 Å². The lowest BCUT2D eigenvalue weighted by Crippen LogP contribution is -2.73. The van der Waals surface area contributed by atoms with Gasteiger partial charge in [-0.1, -0.05) is 13.8 Å². The molecule has 4 aliphatic rings. The number of rotatable bonds is 1. The minimum absolute atomic E-state index is 0.220. The lowest BCUT2D eigenvalue weighted by molar-refractivity contribution is -0.260. The maximum absolute atomic E-state index is 13.8. The predicted octanol–water partition coefficient (Wildman–Crippen LogP) is 1.51. The van der Waals surface area contributed by atoms with E-state index < -0.39 is 45.8 Å². The van der Waals surface area contributed by atoms with E-state index in [9.17, 15) is 30.0 Å². The highest BCUT2D eigenvalue weighted by atomic mass is 16.4. The third-order valence-corrected chi connectivity index (χ3v) is 9.94. The van der Waals surface area contributed by atoms with E-state index in [4.69, 9.17) is 4.42 Å². The zero-order valence-corrected chi connectivity index (χ0v) is 18.1. The van der Waals surface area contributed by atoms with Crippen LogP contribution in [0.4, 0.5) is 0 Å². The van der Waals surface area contributed by atoms with Gasteiger partial charge in [-0.2, -0.15) is 0 Å². The molecule has 0 aromatic carbocycles. The molecule has 1 aromatic heterocycles. The van der Waals surface area contributed by atoms with Gasteiger partial charge in [-0.3, -0.25) is 4.79 Å². The average molecular weight is 433 g/mol. The van der Waals surface area contributed by atoms with E-state index >= 15 is 0 Å². The third kappa shape index (κ3) is 2.49. The van der Waals surface area contributed by atoms with Crippen LogP contribution in [0.25, 0.3) is 0 Å². The Morgan fingerprint density at radius 3 is 2.42 bits per heavy atom. The smallest absolute Gasteiger partial charge is 0.335 e. The van der Waals surface area contributed by atoms with Crippen LogP contribution in [0.15, 0.2) is 27.6 Å². The highest BCUT2D eigenvalue weighted by Crippen LogP contribution is 2.70.